The Bertz CT molecular complexity index is 1020. The van der Waals surface area contributed by atoms with Crippen LogP contribution in [0.3, 0.4) is 0 Å². The van der Waals surface area contributed by atoms with Gasteiger partial charge in [0.25, 0.3) is 0 Å². The van der Waals surface area contributed by atoms with Gasteiger partial charge in [-0.25, -0.2) is 4.98 Å². The molecule has 0 unspecified atom stereocenters. The number of aromatic nitrogens is 4. The number of hydrogen-bond donors (Lipinski definition) is 0. The fraction of sp³-hybridized carbons (Fsp3) is 0.455. The summed E-state index contributed by atoms with van der Waals surface area (Å²) in [6, 6.07) is 6.11. The maximum Gasteiger partial charge on any atom is 0.162 e. The fourth-order valence-electron chi connectivity index (χ4n) is 4.18. The van der Waals surface area contributed by atoms with E-state index in [9.17, 15) is 0 Å². The highest BCUT2D eigenvalue weighted by Crippen LogP contribution is 2.35. The molecule has 1 aromatic carbocycles. The van der Waals surface area contributed by atoms with Crippen LogP contribution in [0.4, 0.5) is 0 Å². The average Bonchev–Trinajstić information content (AvgIpc) is 3.34. The van der Waals surface area contributed by atoms with Gasteiger partial charge >= 0.3 is 0 Å². The maximum atomic E-state index is 5.76. The van der Waals surface area contributed by atoms with Crippen molar-refractivity contribution in [3.63, 3.8) is 0 Å². The predicted molar refractivity (Wildman–Crippen MR) is 113 cm³/mol. The van der Waals surface area contributed by atoms with Gasteiger partial charge < -0.3 is 14.0 Å². The summed E-state index contributed by atoms with van der Waals surface area (Å²) in [6.07, 6.45) is 6.01. The van der Waals surface area contributed by atoms with Gasteiger partial charge in [-0.2, -0.15) is 5.10 Å². The number of imidazole rings is 1. The molecule has 2 aromatic heterocycles. The summed E-state index contributed by atoms with van der Waals surface area (Å²) in [5.74, 6) is 2.74. The van der Waals surface area contributed by atoms with E-state index in [4.69, 9.17) is 14.6 Å². The Morgan fingerprint density at radius 1 is 0.933 bits per heavy atom. The van der Waals surface area contributed by atoms with E-state index in [1.807, 2.05) is 36.3 Å². The molecule has 0 saturated carbocycles. The molecule has 158 valence electrons. The number of aryl methyl sites for hydroxylation is 2. The second kappa shape index (κ2) is 8.12. The molecular formula is C22H28N6O2. The first-order chi connectivity index (χ1) is 14.7. The van der Waals surface area contributed by atoms with Gasteiger partial charge in [-0.05, 0) is 18.2 Å². The number of benzene rings is 1. The summed E-state index contributed by atoms with van der Waals surface area (Å²) in [4.78, 5) is 9.44. The van der Waals surface area contributed by atoms with E-state index in [0.717, 1.165) is 67.8 Å². The van der Waals surface area contributed by atoms with Crippen LogP contribution in [0.5, 0.6) is 11.5 Å². The summed E-state index contributed by atoms with van der Waals surface area (Å²) in [5, 5.41) is 4.74. The van der Waals surface area contributed by atoms with Gasteiger partial charge in [0.15, 0.2) is 11.5 Å². The maximum absolute atomic E-state index is 5.76. The van der Waals surface area contributed by atoms with Crippen molar-refractivity contribution in [2.45, 2.75) is 13.1 Å². The van der Waals surface area contributed by atoms with Gasteiger partial charge in [-0.15, -0.1) is 0 Å². The Labute approximate surface area is 176 Å². The lowest BCUT2D eigenvalue weighted by atomic mass is 10.1. The third-order valence-corrected chi connectivity index (χ3v) is 5.87. The van der Waals surface area contributed by atoms with E-state index < -0.39 is 0 Å². The van der Waals surface area contributed by atoms with E-state index in [1.54, 1.807) is 0 Å². The molecule has 30 heavy (non-hydrogen) atoms. The fourth-order valence-corrected chi connectivity index (χ4v) is 4.18. The van der Waals surface area contributed by atoms with Crippen molar-refractivity contribution in [3.8, 4) is 22.8 Å². The molecule has 2 aliphatic heterocycles. The molecule has 0 spiro atoms. The minimum atomic E-state index is 0.591. The first-order valence-electron chi connectivity index (χ1n) is 10.5. The molecule has 1 fully saturated rings. The minimum Gasteiger partial charge on any atom is -0.486 e. The number of piperazine rings is 1. The van der Waals surface area contributed by atoms with Gasteiger partial charge in [-0.3, -0.25) is 14.5 Å². The molecule has 0 atom stereocenters. The molecule has 4 heterocycles. The zero-order valence-corrected chi connectivity index (χ0v) is 17.6. The van der Waals surface area contributed by atoms with E-state index in [-0.39, 0.29) is 0 Å². The van der Waals surface area contributed by atoms with Crippen LogP contribution in [0.2, 0.25) is 0 Å². The highest BCUT2D eigenvalue weighted by molar-refractivity contribution is 5.66. The normalized spacial score (nSPS) is 17.4. The van der Waals surface area contributed by atoms with Gasteiger partial charge in [0.1, 0.15) is 19.0 Å². The third kappa shape index (κ3) is 3.93. The number of nitrogens with zero attached hydrogens (tertiary/aromatic N) is 6. The summed E-state index contributed by atoms with van der Waals surface area (Å²) >= 11 is 0. The zero-order valence-electron chi connectivity index (χ0n) is 17.6. The third-order valence-electron chi connectivity index (χ3n) is 5.87. The summed E-state index contributed by atoms with van der Waals surface area (Å²) in [7, 11) is 4.04. The van der Waals surface area contributed by atoms with E-state index in [1.165, 1.54) is 5.56 Å². The van der Waals surface area contributed by atoms with Crippen molar-refractivity contribution in [2.24, 2.45) is 14.1 Å². The lowest BCUT2D eigenvalue weighted by molar-refractivity contribution is 0.119. The molecule has 0 N–H and O–H groups in total. The van der Waals surface area contributed by atoms with Crippen LogP contribution in [0.25, 0.3) is 11.3 Å². The van der Waals surface area contributed by atoms with Crippen molar-refractivity contribution in [1.29, 1.82) is 0 Å². The van der Waals surface area contributed by atoms with Gasteiger partial charge in [0, 0.05) is 76.5 Å². The SMILES string of the molecule is Cn1cc(CN2CCN(Cc3nccn3C)CC2)c(-c2ccc3c(c2)OCCO3)n1. The Hall–Kier alpha value is -2.84. The molecule has 3 aromatic rings. The van der Waals surface area contributed by atoms with Crippen LogP contribution in [0.15, 0.2) is 36.8 Å². The molecule has 8 nitrogen and oxygen atoms in total. The molecule has 0 aliphatic carbocycles. The molecule has 0 bridgehead atoms. The molecular weight excluding hydrogens is 380 g/mol. The Balaban J connectivity index is 1.26. The molecule has 8 heteroatoms. The Morgan fingerprint density at radius 2 is 1.67 bits per heavy atom. The van der Waals surface area contributed by atoms with Crippen molar-refractivity contribution in [2.75, 3.05) is 39.4 Å². The van der Waals surface area contributed by atoms with Crippen LogP contribution in [0.1, 0.15) is 11.4 Å². The van der Waals surface area contributed by atoms with Gasteiger partial charge in [-0.1, -0.05) is 0 Å². The lowest BCUT2D eigenvalue weighted by Gasteiger charge is -2.34. The smallest absolute Gasteiger partial charge is 0.162 e. The molecule has 2 aliphatic rings. The van der Waals surface area contributed by atoms with Crippen molar-refractivity contribution in [3.05, 3.63) is 48.2 Å². The Morgan fingerprint density at radius 3 is 2.40 bits per heavy atom. The first-order valence-corrected chi connectivity index (χ1v) is 10.5. The summed E-state index contributed by atoms with van der Waals surface area (Å²) < 4.78 is 15.4. The lowest BCUT2D eigenvalue weighted by Crippen LogP contribution is -2.45. The first kappa shape index (κ1) is 19.1. The topological polar surface area (TPSA) is 60.6 Å². The standard InChI is InChI=1S/C22H28N6O2/c1-25-6-5-23-21(25)16-28-9-7-27(8-10-28)15-18-14-26(2)24-22(18)17-3-4-19-20(13-17)30-12-11-29-19/h3-6,13-14H,7-12,15-16H2,1-2H3. The van der Waals surface area contributed by atoms with Crippen molar-refractivity contribution in [1.82, 2.24) is 29.1 Å². The molecule has 5 rings (SSSR count). The van der Waals surface area contributed by atoms with Crippen LogP contribution in [0, 0.1) is 0 Å². The van der Waals surface area contributed by atoms with E-state index in [0.29, 0.717) is 13.2 Å². The largest absolute Gasteiger partial charge is 0.486 e. The molecule has 0 amide bonds. The highest BCUT2D eigenvalue weighted by atomic mass is 16.6. The van der Waals surface area contributed by atoms with Gasteiger partial charge in [0.05, 0.1) is 12.2 Å². The van der Waals surface area contributed by atoms with Gasteiger partial charge in [0.2, 0.25) is 0 Å². The summed E-state index contributed by atoms with van der Waals surface area (Å²) in [5.41, 5.74) is 3.33. The highest BCUT2D eigenvalue weighted by Gasteiger charge is 2.21. The molecule has 0 radical (unpaired) electrons. The average molecular weight is 409 g/mol. The van der Waals surface area contributed by atoms with E-state index in [2.05, 4.69) is 38.7 Å². The van der Waals surface area contributed by atoms with Crippen molar-refractivity contribution >= 4 is 0 Å². The van der Waals surface area contributed by atoms with Crippen LogP contribution >= 0.6 is 0 Å². The van der Waals surface area contributed by atoms with Crippen LogP contribution in [-0.2, 0) is 27.2 Å². The second-order valence-corrected chi connectivity index (χ2v) is 8.04. The zero-order chi connectivity index (χ0) is 20.5. The monoisotopic (exact) mass is 408 g/mol. The number of fused-ring (bicyclic) bond motifs is 1. The van der Waals surface area contributed by atoms with Crippen LogP contribution in [-0.4, -0.2) is 68.5 Å². The second-order valence-electron chi connectivity index (χ2n) is 8.04. The minimum absolute atomic E-state index is 0.591. The van der Waals surface area contributed by atoms with Crippen LogP contribution < -0.4 is 9.47 Å². The number of ether oxygens (including phenoxy) is 2. The quantitative estimate of drug-likeness (QED) is 0.643. The number of hydrogen-bond acceptors (Lipinski definition) is 6. The summed E-state index contributed by atoms with van der Waals surface area (Å²) in [6.45, 7) is 7.18. The number of rotatable bonds is 5. The van der Waals surface area contributed by atoms with E-state index >= 15 is 0 Å². The predicted octanol–water partition coefficient (Wildman–Crippen LogP) is 1.91. The van der Waals surface area contributed by atoms with Crippen molar-refractivity contribution < 1.29 is 9.47 Å². The Kier molecular flexibility index (Phi) is 5.18. The molecule has 1 saturated heterocycles.